The number of likely N-dealkylation sites (tertiary alicyclic amines) is 1. The molecule has 0 bridgehead atoms. The molecule has 1 aliphatic carbocycles. The third-order valence-corrected chi connectivity index (χ3v) is 3.89. The van der Waals surface area contributed by atoms with Crippen LogP contribution in [0.15, 0.2) is 0 Å². The van der Waals surface area contributed by atoms with Crippen LogP contribution >= 0.6 is 0 Å². The van der Waals surface area contributed by atoms with Crippen LogP contribution in [0.25, 0.3) is 0 Å². The van der Waals surface area contributed by atoms with Crippen LogP contribution in [0.4, 0.5) is 0 Å². The molecule has 0 unspecified atom stereocenters. The van der Waals surface area contributed by atoms with E-state index in [2.05, 4.69) is 5.32 Å². The van der Waals surface area contributed by atoms with Crippen LogP contribution in [-0.2, 0) is 4.79 Å². The smallest absolute Gasteiger partial charge is 0.236 e. The van der Waals surface area contributed by atoms with Gasteiger partial charge in [-0.25, -0.2) is 0 Å². The Hall–Kier alpha value is -0.570. The van der Waals surface area contributed by atoms with Crippen molar-refractivity contribution < 1.29 is 4.79 Å². The first-order chi connectivity index (χ1) is 7.86. The molecule has 1 aliphatic heterocycles. The Morgan fingerprint density at radius 1 is 1.06 bits per heavy atom. The second kappa shape index (κ2) is 6.24. The summed E-state index contributed by atoms with van der Waals surface area (Å²) < 4.78 is 0. The maximum atomic E-state index is 11.8. The molecule has 2 aliphatic rings. The molecular formula is C13H24N2O. The second-order valence-corrected chi connectivity index (χ2v) is 5.22. The monoisotopic (exact) mass is 224 g/mol. The summed E-state index contributed by atoms with van der Waals surface area (Å²) in [4.78, 5) is 13.7. The summed E-state index contributed by atoms with van der Waals surface area (Å²) in [6.07, 6.45) is 9.25. The van der Waals surface area contributed by atoms with Crippen molar-refractivity contribution in [2.45, 2.75) is 44.9 Å². The first-order valence-electron chi connectivity index (χ1n) is 6.85. The molecule has 1 heterocycles. The first-order valence-corrected chi connectivity index (χ1v) is 6.85. The Bertz CT molecular complexity index is 218. The molecule has 1 saturated carbocycles. The van der Waals surface area contributed by atoms with E-state index in [9.17, 15) is 4.79 Å². The molecule has 0 aromatic rings. The molecule has 1 amide bonds. The van der Waals surface area contributed by atoms with Crippen molar-refractivity contribution >= 4 is 5.91 Å². The molecular weight excluding hydrogens is 200 g/mol. The van der Waals surface area contributed by atoms with E-state index in [4.69, 9.17) is 0 Å². The Morgan fingerprint density at radius 2 is 1.75 bits per heavy atom. The largest absolute Gasteiger partial charge is 0.342 e. The van der Waals surface area contributed by atoms with Gasteiger partial charge in [0.2, 0.25) is 5.91 Å². The molecule has 1 N–H and O–H groups in total. The van der Waals surface area contributed by atoms with E-state index in [-0.39, 0.29) is 0 Å². The van der Waals surface area contributed by atoms with Gasteiger partial charge in [-0.2, -0.15) is 0 Å². The minimum Gasteiger partial charge on any atom is -0.342 e. The molecule has 2 fully saturated rings. The highest BCUT2D eigenvalue weighted by atomic mass is 16.2. The summed E-state index contributed by atoms with van der Waals surface area (Å²) in [6.45, 7) is 3.55. The van der Waals surface area contributed by atoms with Gasteiger partial charge in [0.25, 0.3) is 0 Å². The SMILES string of the molecule is O=C(CNCC1CCCCC1)N1CCCC1. The number of carbonyl (C=O) groups excluding carboxylic acids is 1. The third kappa shape index (κ3) is 3.48. The van der Waals surface area contributed by atoms with Gasteiger partial charge < -0.3 is 10.2 Å². The lowest BCUT2D eigenvalue weighted by Gasteiger charge is -2.22. The highest BCUT2D eigenvalue weighted by Gasteiger charge is 2.18. The molecule has 1 saturated heterocycles. The highest BCUT2D eigenvalue weighted by molar-refractivity contribution is 5.78. The van der Waals surface area contributed by atoms with Gasteiger partial charge in [0.15, 0.2) is 0 Å². The van der Waals surface area contributed by atoms with Gasteiger partial charge in [0.05, 0.1) is 6.54 Å². The highest BCUT2D eigenvalue weighted by Crippen LogP contribution is 2.22. The van der Waals surface area contributed by atoms with Gasteiger partial charge >= 0.3 is 0 Å². The fourth-order valence-corrected chi connectivity index (χ4v) is 2.85. The van der Waals surface area contributed by atoms with Crippen LogP contribution in [0, 0.1) is 5.92 Å². The fourth-order valence-electron chi connectivity index (χ4n) is 2.85. The maximum absolute atomic E-state index is 11.8. The number of nitrogens with zero attached hydrogens (tertiary/aromatic N) is 1. The first kappa shape index (κ1) is 11.9. The Morgan fingerprint density at radius 3 is 2.44 bits per heavy atom. The topological polar surface area (TPSA) is 32.3 Å². The molecule has 0 radical (unpaired) electrons. The van der Waals surface area contributed by atoms with Gasteiger partial charge in [-0.3, -0.25) is 4.79 Å². The van der Waals surface area contributed by atoms with Gasteiger partial charge in [-0.15, -0.1) is 0 Å². The lowest BCUT2D eigenvalue weighted by Crippen LogP contribution is -2.38. The van der Waals surface area contributed by atoms with Gasteiger partial charge in [-0.1, -0.05) is 19.3 Å². The zero-order valence-electron chi connectivity index (χ0n) is 10.2. The lowest BCUT2D eigenvalue weighted by atomic mass is 9.89. The fraction of sp³-hybridized carbons (Fsp3) is 0.923. The van der Waals surface area contributed by atoms with Gasteiger partial charge in [0, 0.05) is 13.1 Å². The standard InChI is InChI=1S/C13H24N2O/c16-13(15-8-4-5-9-15)11-14-10-12-6-2-1-3-7-12/h12,14H,1-11H2. The molecule has 2 rings (SSSR count). The summed E-state index contributed by atoms with van der Waals surface area (Å²) in [6, 6.07) is 0. The summed E-state index contributed by atoms with van der Waals surface area (Å²) in [5, 5.41) is 3.34. The van der Waals surface area contributed by atoms with Crippen molar-refractivity contribution in [3.05, 3.63) is 0 Å². The van der Waals surface area contributed by atoms with E-state index in [1.165, 1.54) is 44.9 Å². The van der Waals surface area contributed by atoms with Crippen LogP contribution in [0.3, 0.4) is 0 Å². The zero-order valence-corrected chi connectivity index (χ0v) is 10.2. The molecule has 16 heavy (non-hydrogen) atoms. The van der Waals surface area contributed by atoms with Crippen molar-refractivity contribution in [2.24, 2.45) is 5.92 Å². The predicted octanol–water partition coefficient (Wildman–Crippen LogP) is 1.78. The Labute approximate surface area is 98.6 Å². The molecule has 3 heteroatoms. The Balaban J connectivity index is 1.57. The number of amides is 1. The quantitative estimate of drug-likeness (QED) is 0.789. The molecule has 0 spiro atoms. The van der Waals surface area contributed by atoms with Gasteiger partial charge in [0.1, 0.15) is 0 Å². The summed E-state index contributed by atoms with van der Waals surface area (Å²) in [5.74, 6) is 1.12. The molecule has 0 aromatic heterocycles. The number of hydrogen-bond acceptors (Lipinski definition) is 2. The molecule has 0 aromatic carbocycles. The van der Waals surface area contributed by atoms with Crippen LogP contribution in [-0.4, -0.2) is 37.0 Å². The second-order valence-electron chi connectivity index (χ2n) is 5.22. The minimum atomic E-state index is 0.299. The van der Waals surface area contributed by atoms with Crippen molar-refractivity contribution in [1.29, 1.82) is 0 Å². The molecule has 0 atom stereocenters. The van der Waals surface area contributed by atoms with E-state index < -0.39 is 0 Å². The number of hydrogen-bond donors (Lipinski definition) is 1. The zero-order chi connectivity index (χ0) is 11.2. The van der Waals surface area contributed by atoms with E-state index in [1.54, 1.807) is 0 Å². The van der Waals surface area contributed by atoms with E-state index in [1.807, 2.05) is 4.90 Å². The summed E-state index contributed by atoms with van der Waals surface area (Å²) >= 11 is 0. The normalized spacial score (nSPS) is 22.6. The van der Waals surface area contributed by atoms with Crippen LogP contribution in [0.1, 0.15) is 44.9 Å². The van der Waals surface area contributed by atoms with E-state index in [0.717, 1.165) is 25.6 Å². The maximum Gasteiger partial charge on any atom is 0.236 e. The number of nitrogens with one attached hydrogen (secondary N) is 1. The average Bonchev–Trinajstić information content (AvgIpc) is 2.84. The van der Waals surface area contributed by atoms with Crippen molar-refractivity contribution in [2.75, 3.05) is 26.2 Å². The lowest BCUT2D eigenvalue weighted by molar-refractivity contribution is -0.129. The summed E-state index contributed by atoms with van der Waals surface area (Å²) in [5.41, 5.74) is 0. The van der Waals surface area contributed by atoms with Crippen LogP contribution in [0.5, 0.6) is 0 Å². The van der Waals surface area contributed by atoms with Gasteiger partial charge in [-0.05, 0) is 38.1 Å². The number of carbonyl (C=O) groups is 1. The van der Waals surface area contributed by atoms with Crippen LogP contribution < -0.4 is 5.32 Å². The van der Waals surface area contributed by atoms with Crippen LogP contribution in [0.2, 0.25) is 0 Å². The van der Waals surface area contributed by atoms with E-state index in [0.29, 0.717) is 12.5 Å². The molecule has 92 valence electrons. The average molecular weight is 224 g/mol. The van der Waals surface area contributed by atoms with Crippen molar-refractivity contribution in [3.8, 4) is 0 Å². The molecule has 3 nitrogen and oxygen atoms in total. The minimum absolute atomic E-state index is 0.299. The number of rotatable bonds is 4. The summed E-state index contributed by atoms with van der Waals surface area (Å²) in [7, 11) is 0. The van der Waals surface area contributed by atoms with Crippen molar-refractivity contribution in [1.82, 2.24) is 10.2 Å². The third-order valence-electron chi connectivity index (χ3n) is 3.89. The van der Waals surface area contributed by atoms with Crippen molar-refractivity contribution in [3.63, 3.8) is 0 Å². The Kier molecular flexibility index (Phi) is 4.64. The van der Waals surface area contributed by atoms with E-state index >= 15 is 0 Å². The predicted molar refractivity (Wildman–Crippen MR) is 65.3 cm³/mol.